The molecule has 1 aromatic carbocycles. The van der Waals surface area contributed by atoms with Crippen molar-refractivity contribution in [2.45, 2.75) is 13.1 Å². The number of aliphatic carboxylic acids is 1. The number of alkyl halides is 3. The minimum absolute atomic E-state index is 0.404. The first-order valence-electron chi connectivity index (χ1n) is 4.39. The molecule has 0 atom stereocenters. The van der Waals surface area contributed by atoms with Crippen LogP contribution in [0.4, 0.5) is 13.2 Å². The van der Waals surface area contributed by atoms with Crippen LogP contribution in [-0.4, -0.2) is 11.1 Å². The highest BCUT2D eigenvalue weighted by Gasteiger charge is 2.29. The first-order chi connectivity index (χ1) is 7.30. The minimum atomic E-state index is -4.37. The lowest BCUT2D eigenvalue weighted by atomic mass is 10.1. The molecule has 0 saturated carbocycles. The molecule has 86 valence electrons. The van der Waals surface area contributed by atoms with Gasteiger partial charge in [-0.05, 0) is 30.2 Å². The Kier molecular flexibility index (Phi) is 3.37. The molecule has 0 spiro atoms. The maximum Gasteiger partial charge on any atom is 0.416 e. The van der Waals surface area contributed by atoms with Crippen LogP contribution in [0.25, 0.3) is 5.57 Å². The van der Waals surface area contributed by atoms with E-state index in [2.05, 4.69) is 0 Å². The van der Waals surface area contributed by atoms with Gasteiger partial charge in [0.15, 0.2) is 0 Å². The number of allylic oxidation sites excluding steroid dienone is 1. The van der Waals surface area contributed by atoms with Crippen molar-refractivity contribution in [2.24, 2.45) is 0 Å². The zero-order chi connectivity index (χ0) is 12.3. The average Bonchev–Trinajstić information content (AvgIpc) is 2.15. The molecule has 0 aromatic heterocycles. The molecule has 1 aromatic rings. The van der Waals surface area contributed by atoms with Crippen LogP contribution in [0.2, 0.25) is 0 Å². The van der Waals surface area contributed by atoms with Crippen molar-refractivity contribution >= 4 is 11.5 Å². The van der Waals surface area contributed by atoms with E-state index >= 15 is 0 Å². The number of carboxylic acids is 1. The second-order valence-corrected chi connectivity index (χ2v) is 3.24. The standard InChI is InChI=1S/C11H9F3O2/c1-7(6-10(15)16)8-2-4-9(5-3-8)11(12,13)14/h2-6H,1H3,(H,15,16)/b7-6-. The van der Waals surface area contributed by atoms with Crippen molar-refractivity contribution in [1.82, 2.24) is 0 Å². The number of rotatable bonds is 2. The molecule has 16 heavy (non-hydrogen) atoms. The second-order valence-electron chi connectivity index (χ2n) is 3.24. The van der Waals surface area contributed by atoms with E-state index in [-0.39, 0.29) is 0 Å². The molecule has 5 heteroatoms. The predicted molar refractivity (Wildman–Crippen MR) is 52.7 cm³/mol. The van der Waals surface area contributed by atoms with Crippen LogP contribution >= 0.6 is 0 Å². The van der Waals surface area contributed by atoms with E-state index in [4.69, 9.17) is 5.11 Å². The summed E-state index contributed by atoms with van der Waals surface area (Å²) < 4.78 is 36.7. The minimum Gasteiger partial charge on any atom is -0.478 e. The van der Waals surface area contributed by atoms with Crippen molar-refractivity contribution in [3.05, 3.63) is 41.5 Å². The quantitative estimate of drug-likeness (QED) is 0.792. The lowest BCUT2D eigenvalue weighted by molar-refractivity contribution is -0.137. The summed E-state index contributed by atoms with van der Waals surface area (Å²) in [5.74, 6) is -1.13. The molecule has 0 saturated heterocycles. The average molecular weight is 230 g/mol. The molecule has 0 bridgehead atoms. The van der Waals surface area contributed by atoms with Crippen LogP contribution in [0.1, 0.15) is 18.1 Å². The van der Waals surface area contributed by atoms with Crippen LogP contribution in [0.3, 0.4) is 0 Å². The summed E-state index contributed by atoms with van der Waals surface area (Å²) in [5, 5.41) is 8.47. The number of carbonyl (C=O) groups is 1. The Morgan fingerprint density at radius 3 is 2.12 bits per heavy atom. The van der Waals surface area contributed by atoms with Crippen LogP contribution in [0, 0.1) is 0 Å². The molecular formula is C11H9F3O2. The van der Waals surface area contributed by atoms with Gasteiger partial charge in [0.05, 0.1) is 5.56 Å². The molecule has 0 radical (unpaired) electrons. The third kappa shape index (κ3) is 3.12. The third-order valence-electron chi connectivity index (χ3n) is 2.01. The van der Waals surface area contributed by atoms with Crippen LogP contribution in [0.5, 0.6) is 0 Å². The fourth-order valence-electron chi connectivity index (χ4n) is 1.19. The summed E-state index contributed by atoms with van der Waals surface area (Å²) in [6.07, 6.45) is -3.43. The Hall–Kier alpha value is -1.78. The number of halogens is 3. The highest BCUT2D eigenvalue weighted by molar-refractivity contribution is 5.89. The largest absolute Gasteiger partial charge is 0.478 e. The first-order valence-corrected chi connectivity index (χ1v) is 4.39. The molecule has 1 rings (SSSR count). The van der Waals surface area contributed by atoms with E-state index in [1.807, 2.05) is 0 Å². The Morgan fingerprint density at radius 2 is 1.75 bits per heavy atom. The smallest absolute Gasteiger partial charge is 0.416 e. The van der Waals surface area contributed by atoms with E-state index in [1.54, 1.807) is 0 Å². The molecular weight excluding hydrogens is 221 g/mol. The Balaban J connectivity index is 3.00. The number of hydrogen-bond donors (Lipinski definition) is 1. The van der Waals surface area contributed by atoms with Crippen molar-refractivity contribution in [3.8, 4) is 0 Å². The lowest BCUT2D eigenvalue weighted by Crippen LogP contribution is -2.04. The SMILES string of the molecule is C/C(=C/C(=O)O)c1ccc(C(F)(F)F)cc1. The number of carboxylic acid groups (broad SMARTS) is 1. The maximum absolute atomic E-state index is 12.2. The molecule has 0 unspecified atom stereocenters. The number of benzene rings is 1. The Morgan fingerprint density at radius 1 is 1.25 bits per heavy atom. The van der Waals surface area contributed by atoms with Crippen LogP contribution < -0.4 is 0 Å². The van der Waals surface area contributed by atoms with E-state index < -0.39 is 17.7 Å². The van der Waals surface area contributed by atoms with Crippen molar-refractivity contribution < 1.29 is 23.1 Å². The normalized spacial score (nSPS) is 12.6. The van der Waals surface area contributed by atoms with Crippen molar-refractivity contribution in [2.75, 3.05) is 0 Å². The van der Waals surface area contributed by atoms with Gasteiger partial charge >= 0.3 is 12.1 Å². The monoisotopic (exact) mass is 230 g/mol. The molecule has 0 fully saturated rings. The summed E-state index contributed by atoms with van der Waals surface area (Å²) in [5.41, 5.74) is 0.107. The molecule has 0 aliphatic rings. The fourth-order valence-corrected chi connectivity index (χ4v) is 1.19. The van der Waals surface area contributed by atoms with Crippen LogP contribution in [-0.2, 0) is 11.0 Å². The van der Waals surface area contributed by atoms with Gasteiger partial charge in [0, 0.05) is 6.08 Å². The van der Waals surface area contributed by atoms with E-state index in [0.29, 0.717) is 11.1 Å². The molecule has 0 aliphatic carbocycles. The molecule has 0 amide bonds. The van der Waals surface area contributed by atoms with Crippen molar-refractivity contribution in [1.29, 1.82) is 0 Å². The van der Waals surface area contributed by atoms with Gasteiger partial charge in [-0.1, -0.05) is 12.1 Å². The van der Waals surface area contributed by atoms with E-state index in [9.17, 15) is 18.0 Å². The van der Waals surface area contributed by atoms with Gasteiger partial charge in [0.1, 0.15) is 0 Å². The van der Waals surface area contributed by atoms with Crippen LogP contribution in [0.15, 0.2) is 30.3 Å². The van der Waals surface area contributed by atoms with E-state index in [0.717, 1.165) is 18.2 Å². The van der Waals surface area contributed by atoms with Gasteiger partial charge in [-0.2, -0.15) is 13.2 Å². The maximum atomic E-state index is 12.2. The summed E-state index contributed by atoms with van der Waals surface area (Å²) in [4.78, 5) is 10.4. The topological polar surface area (TPSA) is 37.3 Å². The summed E-state index contributed by atoms with van der Waals surface area (Å²) in [6, 6.07) is 4.35. The van der Waals surface area contributed by atoms with Gasteiger partial charge in [0.2, 0.25) is 0 Å². The first kappa shape index (κ1) is 12.3. The summed E-state index contributed by atoms with van der Waals surface area (Å²) >= 11 is 0. The summed E-state index contributed by atoms with van der Waals surface area (Å²) in [7, 11) is 0. The zero-order valence-electron chi connectivity index (χ0n) is 8.38. The van der Waals surface area contributed by atoms with Gasteiger partial charge in [0.25, 0.3) is 0 Å². The van der Waals surface area contributed by atoms with Gasteiger partial charge < -0.3 is 5.11 Å². The highest BCUT2D eigenvalue weighted by Crippen LogP contribution is 2.29. The molecule has 0 heterocycles. The van der Waals surface area contributed by atoms with Crippen molar-refractivity contribution in [3.63, 3.8) is 0 Å². The van der Waals surface area contributed by atoms with E-state index in [1.165, 1.54) is 19.1 Å². The second kappa shape index (κ2) is 4.38. The molecule has 1 N–H and O–H groups in total. The molecule has 2 nitrogen and oxygen atoms in total. The summed E-state index contributed by atoms with van der Waals surface area (Å²) in [6.45, 7) is 1.52. The fraction of sp³-hybridized carbons (Fsp3) is 0.182. The lowest BCUT2D eigenvalue weighted by Gasteiger charge is -2.07. The van der Waals surface area contributed by atoms with Gasteiger partial charge in [-0.25, -0.2) is 4.79 Å². The highest BCUT2D eigenvalue weighted by atomic mass is 19.4. The zero-order valence-corrected chi connectivity index (χ0v) is 8.38. The van der Waals surface area contributed by atoms with Gasteiger partial charge in [-0.15, -0.1) is 0 Å². The predicted octanol–water partition coefficient (Wildman–Crippen LogP) is 3.19. The Bertz CT molecular complexity index is 416. The van der Waals surface area contributed by atoms with Gasteiger partial charge in [-0.3, -0.25) is 0 Å². The third-order valence-corrected chi connectivity index (χ3v) is 2.01. The Labute approximate surface area is 90.0 Å². The number of hydrogen-bond acceptors (Lipinski definition) is 1. The molecule has 0 aliphatic heterocycles.